The molecule has 4 aromatic rings. The van der Waals surface area contributed by atoms with Gasteiger partial charge in [0.25, 0.3) is 11.8 Å². The average molecular weight is 877 g/mol. The van der Waals surface area contributed by atoms with Crippen molar-refractivity contribution in [3.8, 4) is 0 Å². The molecule has 0 fully saturated rings. The van der Waals surface area contributed by atoms with Crippen molar-refractivity contribution < 1.29 is 35.9 Å². The second-order valence-electron chi connectivity index (χ2n) is 17.1. The fourth-order valence-electron chi connectivity index (χ4n) is 9.02. The van der Waals surface area contributed by atoms with Crippen LogP contribution in [-0.4, -0.2) is 48.7 Å². The first-order valence-corrected chi connectivity index (χ1v) is 21.1. The molecule has 0 saturated heterocycles. The fourth-order valence-corrected chi connectivity index (χ4v) is 9.02. The summed E-state index contributed by atoms with van der Waals surface area (Å²) in [5.74, 6) is -1.73. The monoisotopic (exact) mass is 876 g/mol. The van der Waals surface area contributed by atoms with Crippen LogP contribution in [-0.2, 0) is 20.4 Å². The van der Waals surface area contributed by atoms with Crippen LogP contribution in [0.2, 0.25) is 0 Å². The highest BCUT2D eigenvalue weighted by atomic mass is 19.4. The SMILES string of the molecule is CC1(C)/C(=C\C=C2\C(=O)N(c3ccccc3)N=C2C(F)(F)F)N(CCCCCCN2/C(=C/C=C3/C(=O)N(c4ccccc4)N=C3C(F)(F)F)C(C)(C)c3ccccc32)c2ccccc21. The molecule has 0 N–H and O–H groups in total. The van der Waals surface area contributed by atoms with Gasteiger partial charge in [0, 0.05) is 46.7 Å². The third-order valence-corrected chi connectivity index (χ3v) is 12.2. The Kier molecular flexibility index (Phi) is 11.5. The predicted octanol–water partition coefficient (Wildman–Crippen LogP) is 11.7. The Balaban J connectivity index is 0.993. The number of unbranched alkanes of at least 4 members (excludes halogenated alkanes) is 3. The standard InChI is InChI=1S/C50H46F6N6O2/c1-47(2)37-23-13-15-25-39(37)59(41(47)29-27-35-43(49(51,52)53)57-61(45(35)63)33-19-9-7-10-20-33)31-17-5-6-18-32-60-40-26-16-14-24-38(40)48(3,4)42(60)30-28-36-44(50(54,55)56)58-62(46(36)64)34-21-11-8-12-22-34/h7-16,19-30H,5-6,17-18,31-32H2,1-4H3/b35-27+,36-28+,41-29+,42-30+. The van der Waals surface area contributed by atoms with Crippen LogP contribution in [0.4, 0.5) is 49.1 Å². The van der Waals surface area contributed by atoms with Gasteiger partial charge in [-0.05, 0) is 84.7 Å². The molecule has 4 aliphatic heterocycles. The van der Waals surface area contributed by atoms with E-state index >= 15 is 0 Å². The molecular weight excluding hydrogens is 831 g/mol. The molecule has 14 heteroatoms. The number of nitrogens with zero attached hydrogens (tertiary/aromatic N) is 6. The molecule has 64 heavy (non-hydrogen) atoms. The quantitative estimate of drug-likeness (QED) is 0.0855. The van der Waals surface area contributed by atoms with Gasteiger partial charge in [0.05, 0.1) is 22.5 Å². The van der Waals surface area contributed by atoms with Gasteiger partial charge in [-0.1, -0.05) is 113 Å². The second-order valence-corrected chi connectivity index (χ2v) is 17.1. The number of benzene rings is 4. The summed E-state index contributed by atoms with van der Waals surface area (Å²) in [5, 5.41) is 8.99. The summed E-state index contributed by atoms with van der Waals surface area (Å²) < 4.78 is 85.8. The molecule has 0 aromatic heterocycles. The molecule has 2 amide bonds. The van der Waals surface area contributed by atoms with Gasteiger partial charge in [-0.2, -0.15) is 46.6 Å². The first kappa shape index (κ1) is 43.9. The number of alkyl halides is 6. The van der Waals surface area contributed by atoms with E-state index in [1.807, 2.05) is 76.2 Å². The lowest BCUT2D eigenvalue weighted by atomic mass is 9.83. The van der Waals surface area contributed by atoms with Crippen LogP contribution in [0.15, 0.2) is 166 Å². The number of hydrazone groups is 2. The van der Waals surface area contributed by atoms with Gasteiger partial charge < -0.3 is 9.80 Å². The molecule has 8 nitrogen and oxygen atoms in total. The van der Waals surface area contributed by atoms with Crippen LogP contribution in [0.5, 0.6) is 0 Å². The van der Waals surface area contributed by atoms with E-state index < -0.39 is 57.6 Å². The van der Waals surface area contributed by atoms with Crippen molar-refractivity contribution in [1.29, 1.82) is 0 Å². The Morgan fingerprint density at radius 3 is 1.19 bits per heavy atom. The van der Waals surface area contributed by atoms with Gasteiger partial charge in [0.15, 0.2) is 11.4 Å². The average Bonchev–Trinajstić information content (AvgIpc) is 3.92. The van der Waals surface area contributed by atoms with E-state index in [0.29, 0.717) is 13.1 Å². The maximum absolute atomic E-state index is 14.3. The van der Waals surface area contributed by atoms with Gasteiger partial charge in [0.1, 0.15) is 0 Å². The second kappa shape index (κ2) is 16.8. The molecule has 4 heterocycles. The third-order valence-electron chi connectivity index (χ3n) is 12.2. The number of para-hydroxylation sites is 4. The van der Waals surface area contributed by atoms with Gasteiger partial charge in [-0.15, -0.1) is 0 Å². The van der Waals surface area contributed by atoms with Crippen LogP contribution in [0, 0.1) is 0 Å². The van der Waals surface area contributed by atoms with E-state index in [-0.39, 0.29) is 11.4 Å². The zero-order chi connectivity index (χ0) is 45.6. The van der Waals surface area contributed by atoms with Crippen LogP contribution in [0.1, 0.15) is 64.5 Å². The van der Waals surface area contributed by atoms with Crippen molar-refractivity contribution in [2.75, 3.05) is 32.9 Å². The lowest BCUT2D eigenvalue weighted by Gasteiger charge is -2.28. The fraction of sp³-hybridized carbons (Fsp3) is 0.280. The lowest BCUT2D eigenvalue weighted by Crippen LogP contribution is -2.28. The molecule has 0 bridgehead atoms. The van der Waals surface area contributed by atoms with Crippen molar-refractivity contribution in [3.63, 3.8) is 0 Å². The van der Waals surface area contributed by atoms with E-state index in [0.717, 1.165) is 69.6 Å². The van der Waals surface area contributed by atoms with E-state index in [1.165, 1.54) is 36.4 Å². The van der Waals surface area contributed by atoms with Gasteiger partial charge in [0.2, 0.25) is 0 Å². The van der Waals surface area contributed by atoms with Gasteiger partial charge in [-0.25, -0.2) is 0 Å². The smallest absolute Gasteiger partial charge is 0.344 e. The summed E-state index contributed by atoms with van der Waals surface area (Å²) in [5.41, 5.74) is 1.11. The Hall–Kier alpha value is -6.70. The van der Waals surface area contributed by atoms with Crippen molar-refractivity contribution in [2.24, 2.45) is 10.2 Å². The maximum Gasteiger partial charge on any atom is 0.435 e. The number of rotatable bonds is 11. The van der Waals surface area contributed by atoms with Crippen molar-refractivity contribution >= 4 is 46.0 Å². The molecule has 8 rings (SSSR count). The normalized spacial score (nSPS) is 20.6. The van der Waals surface area contributed by atoms with Crippen LogP contribution >= 0.6 is 0 Å². The van der Waals surface area contributed by atoms with Crippen LogP contribution in [0.25, 0.3) is 0 Å². The van der Waals surface area contributed by atoms with Crippen molar-refractivity contribution in [3.05, 3.63) is 167 Å². The lowest BCUT2D eigenvalue weighted by molar-refractivity contribution is -0.115. The van der Waals surface area contributed by atoms with Crippen LogP contribution < -0.4 is 19.8 Å². The highest BCUT2D eigenvalue weighted by Gasteiger charge is 2.49. The topological polar surface area (TPSA) is 71.8 Å². The molecule has 330 valence electrons. The summed E-state index contributed by atoms with van der Waals surface area (Å²) in [6.45, 7) is 9.17. The molecule has 0 atom stereocenters. The Labute approximate surface area is 367 Å². The van der Waals surface area contributed by atoms with E-state index in [9.17, 15) is 35.9 Å². The minimum absolute atomic E-state index is 0.230. The Morgan fingerprint density at radius 2 is 0.828 bits per heavy atom. The number of amides is 2. The number of carbonyl (C=O) groups is 2. The minimum atomic E-state index is -4.86. The number of allylic oxidation sites excluding steroid dienone is 6. The first-order chi connectivity index (χ1) is 30.4. The number of hydrogen-bond acceptors (Lipinski definition) is 6. The Bertz CT molecular complexity index is 2480. The highest BCUT2D eigenvalue weighted by Crippen LogP contribution is 2.49. The number of hydrogen-bond donors (Lipinski definition) is 0. The van der Waals surface area contributed by atoms with E-state index in [1.54, 1.807) is 48.6 Å². The number of fused-ring (bicyclic) bond motifs is 2. The van der Waals surface area contributed by atoms with Crippen molar-refractivity contribution in [1.82, 2.24) is 0 Å². The summed E-state index contributed by atoms with van der Waals surface area (Å²) in [6, 6.07) is 31.7. The van der Waals surface area contributed by atoms with Crippen LogP contribution in [0.3, 0.4) is 0 Å². The molecular formula is C50H46F6N6O2. The maximum atomic E-state index is 14.3. The summed E-state index contributed by atoms with van der Waals surface area (Å²) >= 11 is 0. The molecule has 0 spiro atoms. The Morgan fingerprint density at radius 1 is 0.484 bits per heavy atom. The third kappa shape index (κ3) is 8.05. The molecule has 4 aromatic carbocycles. The molecule has 4 aliphatic rings. The first-order valence-electron chi connectivity index (χ1n) is 21.1. The summed E-state index contributed by atoms with van der Waals surface area (Å²) in [7, 11) is 0. The van der Waals surface area contributed by atoms with Gasteiger partial charge in [-0.3, -0.25) is 9.59 Å². The number of halogens is 6. The summed E-state index contributed by atoms with van der Waals surface area (Å²) in [6.07, 6.45) is -0.923. The number of carbonyl (C=O) groups excluding carboxylic acids is 2. The molecule has 0 saturated carbocycles. The summed E-state index contributed by atoms with van der Waals surface area (Å²) in [4.78, 5) is 31.2. The molecule has 0 aliphatic carbocycles. The molecule has 0 radical (unpaired) electrons. The van der Waals surface area contributed by atoms with Crippen molar-refractivity contribution in [2.45, 2.75) is 76.6 Å². The van der Waals surface area contributed by atoms with Gasteiger partial charge >= 0.3 is 12.4 Å². The number of anilines is 4. The molecule has 0 unspecified atom stereocenters. The zero-order valence-electron chi connectivity index (χ0n) is 35.7. The highest BCUT2D eigenvalue weighted by molar-refractivity contribution is 6.33. The predicted molar refractivity (Wildman–Crippen MR) is 239 cm³/mol. The van der Waals surface area contributed by atoms with E-state index in [4.69, 9.17) is 0 Å². The zero-order valence-corrected chi connectivity index (χ0v) is 35.7. The largest absolute Gasteiger partial charge is 0.435 e. The van der Waals surface area contributed by atoms with E-state index in [2.05, 4.69) is 20.0 Å². The minimum Gasteiger partial charge on any atom is -0.344 e.